The first-order valence-corrected chi connectivity index (χ1v) is 12.4. The van der Waals surface area contributed by atoms with Crippen molar-refractivity contribution in [2.45, 2.75) is 90.9 Å². The van der Waals surface area contributed by atoms with Crippen LogP contribution in [0.2, 0.25) is 0 Å². The van der Waals surface area contributed by atoms with Gasteiger partial charge in [0.1, 0.15) is 0 Å². The minimum absolute atomic E-state index is 0.627. The van der Waals surface area contributed by atoms with Crippen LogP contribution < -0.4 is 0 Å². The number of hydrogen-bond acceptors (Lipinski definition) is 0. The molecule has 28 heavy (non-hydrogen) atoms. The monoisotopic (exact) mass is 486 g/mol. The molecule has 2 aromatic carbocycles. The second-order valence-electron chi connectivity index (χ2n) is 9.69. The number of hydrogen-bond donors (Lipinski definition) is 0. The molecule has 0 radical (unpaired) electrons. The van der Waals surface area contributed by atoms with E-state index in [1.54, 1.807) is 31.4 Å². The molecule has 0 heterocycles. The highest BCUT2D eigenvalue weighted by molar-refractivity contribution is 14.1. The smallest absolute Gasteiger partial charge is 0.0199 e. The summed E-state index contributed by atoms with van der Waals surface area (Å²) < 4.78 is 1.54. The molecule has 0 aromatic heterocycles. The Labute approximate surface area is 185 Å². The Kier molecular flexibility index (Phi) is 6.20. The summed E-state index contributed by atoms with van der Waals surface area (Å²) in [5, 5.41) is 0. The second-order valence-corrected chi connectivity index (χ2v) is 10.8. The van der Waals surface area contributed by atoms with E-state index in [0.29, 0.717) is 11.8 Å². The van der Waals surface area contributed by atoms with E-state index in [-0.39, 0.29) is 0 Å². The average molecular weight is 486 g/mol. The van der Waals surface area contributed by atoms with Crippen molar-refractivity contribution in [1.82, 2.24) is 0 Å². The summed E-state index contributed by atoms with van der Waals surface area (Å²) in [6.45, 7) is 9.45. The standard InChI is InChI=1S/C27H35I/c1-17(2)24-12-10-23-15-20(9-11-25(23)27(24)28)13-18(3)26-16-22-8-6-5-7-21(22)14-19(26)4/h10,12,14,16-18,20H,5-9,11,13,15H2,1-4H3. The quantitative estimate of drug-likeness (QED) is 0.386. The van der Waals surface area contributed by atoms with Gasteiger partial charge in [-0.25, -0.2) is 0 Å². The predicted molar refractivity (Wildman–Crippen MR) is 130 cm³/mol. The fourth-order valence-corrected chi connectivity index (χ4v) is 7.05. The van der Waals surface area contributed by atoms with Crippen molar-refractivity contribution in [3.8, 4) is 0 Å². The molecular weight excluding hydrogens is 451 g/mol. The zero-order valence-electron chi connectivity index (χ0n) is 18.1. The molecule has 0 aliphatic heterocycles. The van der Waals surface area contributed by atoms with Crippen molar-refractivity contribution in [1.29, 1.82) is 0 Å². The number of aryl methyl sites for hydroxylation is 3. The maximum Gasteiger partial charge on any atom is 0.0199 e. The highest BCUT2D eigenvalue weighted by Gasteiger charge is 2.25. The summed E-state index contributed by atoms with van der Waals surface area (Å²) in [5.41, 5.74) is 11.2. The molecule has 2 aromatic rings. The summed E-state index contributed by atoms with van der Waals surface area (Å²) in [5.74, 6) is 2.13. The predicted octanol–water partition coefficient (Wildman–Crippen LogP) is 7.90. The van der Waals surface area contributed by atoms with E-state index in [1.165, 1.54) is 62.5 Å². The summed E-state index contributed by atoms with van der Waals surface area (Å²) in [6.07, 6.45) is 10.6. The Morgan fingerprint density at radius 1 is 0.929 bits per heavy atom. The third-order valence-corrected chi connectivity index (χ3v) is 8.53. The summed E-state index contributed by atoms with van der Waals surface area (Å²) in [6, 6.07) is 9.91. The molecule has 0 spiro atoms. The van der Waals surface area contributed by atoms with Gasteiger partial charge in [0.15, 0.2) is 0 Å². The van der Waals surface area contributed by atoms with Crippen LogP contribution in [0.25, 0.3) is 0 Å². The summed E-state index contributed by atoms with van der Waals surface area (Å²) in [7, 11) is 0. The molecule has 0 amide bonds. The largest absolute Gasteiger partial charge is 0.0586 e. The van der Waals surface area contributed by atoms with E-state index in [2.05, 4.69) is 74.6 Å². The molecule has 0 nitrogen and oxygen atoms in total. The first kappa shape index (κ1) is 20.4. The lowest BCUT2D eigenvalue weighted by Gasteiger charge is -2.30. The van der Waals surface area contributed by atoms with Crippen LogP contribution in [0.1, 0.15) is 97.2 Å². The Balaban J connectivity index is 1.49. The molecule has 2 atom stereocenters. The van der Waals surface area contributed by atoms with Gasteiger partial charge in [0, 0.05) is 3.57 Å². The van der Waals surface area contributed by atoms with Gasteiger partial charge in [-0.3, -0.25) is 0 Å². The van der Waals surface area contributed by atoms with Crippen molar-refractivity contribution < 1.29 is 0 Å². The number of halogens is 1. The lowest BCUT2D eigenvalue weighted by atomic mass is 9.76. The molecule has 150 valence electrons. The molecule has 0 fully saturated rings. The van der Waals surface area contributed by atoms with E-state index in [9.17, 15) is 0 Å². The van der Waals surface area contributed by atoms with Crippen LogP contribution in [0, 0.1) is 16.4 Å². The Morgan fingerprint density at radius 3 is 2.36 bits per heavy atom. The van der Waals surface area contributed by atoms with Crippen molar-refractivity contribution >= 4 is 22.6 Å². The van der Waals surface area contributed by atoms with Gasteiger partial charge in [-0.1, -0.05) is 45.0 Å². The van der Waals surface area contributed by atoms with Gasteiger partial charge in [0.25, 0.3) is 0 Å². The van der Waals surface area contributed by atoms with Gasteiger partial charge in [0.2, 0.25) is 0 Å². The van der Waals surface area contributed by atoms with Crippen molar-refractivity contribution in [2.75, 3.05) is 0 Å². The van der Waals surface area contributed by atoms with Crippen LogP contribution in [-0.2, 0) is 25.7 Å². The third kappa shape index (κ3) is 4.06. The fraction of sp³-hybridized carbons (Fsp3) is 0.556. The molecular formula is C27H35I. The van der Waals surface area contributed by atoms with E-state index in [4.69, 9.17) is 0 Å². The van der Waals surface area contributed by atoms with E-state index in [0.717, 1.165) is 5.92 Å². The molecule has 0 saturated carbocycles. The highest BCUT2D eigenvalue weighted by atomic mass is 127. The molecule has 2 unspecified atom stereocenters. The molecule has 0 saturated heterocycles. The highest BCUT2D eigenvalue weighted by Crippen LogP contribution is 2.38. The molecule has 4 rings (SSSR count). The number of fused-ring (bicyclic) bond motifs is 2. The van der Waals surface area contributed by atoms with Crippen molar-refractivity contribution in [3.63, 3.8) is 0 Å². The van der Waals surface area contributed by atoms with Crippen LogP contribution in [0.3, 0.4) is 0 Å². The third-order valence-electron chi connectivity index (χ3n) is 7.25. The molecule has 2 aliphatic carbocycles. The van der Waals surface area contributed by atoms with E-state index in [1.807, 2.05) is 0 Å². The van der Waals surface area contributed by atoms with E-state index < -0.39 is 0 Å². The maximum atomic E-state index is 2.61. The molecule has 0 N–H and O–H groups in total. The normalized spacial score (nSPS) is 20.0. The van der Waals surface area contributed by atoms with Crippen molar-refractivity contribution in [2.24, 2.45) is 5.92 Å². The molecule has 0 bridgehead atoms. The van der Waals surface area contributed by atoms with Gasteiger partial charge in [0.05, 0.1) is 0 Å². The van der Waals surface area contributed by atoms with Gasteiger partial charge in [-0.15, -0.1) is 0 Å². The second kappa shape index (κ2) is 8.50. The van der Waals surface area contributed by atoms with Crippen LogP contribution >= 0.6 is 22.6 Å². The van der Waals surface area contributed by atoms with Crippen LogP contribution in [0.5, 0.6) is 0 Å². The Hall–Kier alpha value is -0.830. The zero-order chi connectivity index (χ0) is 19.8. The van der Waals surface area contributed by atoms with Gasteiger partial charge >= 0.3 is 0 Å². The zero-order valence-corrected chi connectivity index (χ0v) is 20.2. The van der Waals surface area contributed by atoms with Gasteiger partial charge < -0.3 is 0 Å². The lowest BCUT2D eigenvalue weighted by Crippen LogP contribution is -2.18. The Morgan fingerprint density at radius 2 is 1.64 bits per heavy atom. The van der Waals surface area contributed by atoms with Crippen LogP contribution in [0.4, 0.5) is 0 Å². The lowest BCUT2D eigenvalue weighted by molar-refractivity contribution is 0.397. The molecule has 2 aliphatic rings. The Bertz CT molecular complexity index is 861. The molecule has 1 heteroatoms. The first-order valence-electron chi connectivity index (χ1n) is 11.4. The summed E-state index contributed by atoms with van der Waals surface area (Å²) in [4.78, 5) is 0. The van der Waals surface area contributed by atoms with Gasteiger partial charge in [-0.05, 0) is 138 Å². The fourth-order valence-electron chi connectivity index (χ4n) is 5.64. The van der Waals surface area contributed by atoms with E-state index >= 15 is 0 Å². The minimum atomic E-state index is 0.627. The number of rotatable bonds is 4. The maximum absolute atomic E-state index is 2.61. The van der Waals surface area contributed by atoms with Crippen molar-refractivity contribution in [3.05, 3.63) is 66.8 Å². The average Bonchev–Trinajstić information content (AvgIpc) is 2.67. The SMILES string of the molecule is Cc1cc2c(cc1C(C)CC1CCc3c(ccc(C(C)C)c3I)C1)CCCC2. The van der Waals surface area contributed by atoms with Crippen LogP contribution in [-0.4, -0.2) is 0 Å². The topological polar surface area (TPSA) is 0 Å². The minimum Gasteiger partial charge on any atom is -0.0586 e. The number of benzene rings is 2. The van der Waals surface area contributed by atoms with Crippen LogP contribution in [0.15, 0.2) is 24.3 Å². The van der Waals surface area contributed by atoms with Gasteiger partial charge in [-0.2, -0.15) is 0 Å². The summed E-state index contributed by atoms with van der Waals surface area (Å²) >= 11 is 2.61. The first-order chi connectivity index (χ1) is 13.4.